The van der Waals surface area contributed by atoms with Gasteiger partial charge in [0.05, 0.1) is 5.97 Å². The molecule has 106 valence electrons. The highest BCUT2D eigenvalue weighted by molar-refractivity contribution is 6.36. The lowest BCUT2D eigenvalue weighted by Gasteiger charge is -2.10. The molecule has 0 atom stereocenters. The SMILES string of the molecule is O=C([O-])c1nn2c(C(F)(F)F)cc(C3CC3)nc2c1Cl. The first-order valence-electron chi connectivity index (χ1n) is 5.66. The molecule has 1 fully saturated rings. The topological polar surface area (TPSA) is 70.3 Å². The third-order valence-electron chi connectivity index (χ3n) is 3.03. The maximum atomic E-state index is 13.0. The van der Waals surface area contributed by atoms with Gasteiger partial charge in [-0.1, -0.05) is 11.6 Å². The van der Waals surface area contributed by atoms with E-state index in [2.05, 4.69) is 10.1 Å². The molecule has 0 amide bonds. The molecule has 0 aliphatic heterocycles. The van der Waals surface area contributed by atoms with Crippen molar-refractivity contribution in [2.75, 3.05) is 0 Å². The number of carbonyl (C=O) groups is 1. The molecule has 1 aliphatic rings. The van der Waals surface area contributed by atoms with E-state index in [1.807, 2.05) is 0 Å². The minimum Gasteiger partial charge on any atom is -0.543 e. The number of carboxylic acids is 1. The van der Waals surface area contributed by atoms with E-state index >= 15 is 0 Å². The van der Waals surface area contributed by atoms with Crippen LogP contribution in [0.3, 0.4) is 0 Å². The van der Waals surface area contributed by atoms with Crippen molar-refractivity contribution < 1.29 is 23.1 Å². The predicted molar refractivity (Wildman–Crippen MR) is 59.3 cm³/mol. The largest absolute Gasteiger partial charge is 0.543 e. The molecular formula is C11H6ClF3N3O2-. The normalized spacial score (nSPS) is 15.8. The van der Waals surface area contributed by atoms with Crippen molar-refractivity contribution in [1.82, 2.24) is 14.6 Å². The Labute approximate surface area is 115 Å². The molecule has 1 aliphatic carbocycles. The zero-order chi connectivity index (χ0) is 14.7. The highest BCUT2D eigenvalue weighted by Crippen LogP contribution is 2.41. The molecule has 3 rings (SSSR count). The van der Waals surface area contributed by atoms with Crippen molar-refractivity contribution in [3.8, 4) is 0 Å². The standard InChI is InChI=1S/C11H7ClF3N3O2/c12-7-8(10(19)20)17-18-6(11(13,14)15)3-5(4-1-2-4)16-9(7)18/h3-4H,1-2H2,(H,19,20)/p-1. The first kappa shape index (κ1) is 13.2. The highest BCUT2D eigenvalue weighted by atomic mass is 35.5. The smallest absolute Gasteiger partial charge is 0.433 e. The monoisotopic (exact) mass is 304 g/mol. The number of alkyl halides is 3. The third-order valence-corrected chi connectivity index (χ3v) is 3.38. The van der Waals surface area contributed by atoms with Crippen molar-refractivity contribution in [3.05, 3.63) is 28.2 Å². The molecule has 0 radical (unpaired) electrons. The number of aromatic nitrogens is 3. The molecule has 2 aromatic rings. The van der Waals surface area contributed by atoms with Gasteiger partial charge in [-0.15, -0.1) is 0 Å². The Morgan fingerprint density at radius 1 is 1.45 bits per heavy atom. The molecule has 2 aromatic heterocycles. The molecule has 9 heteroatoms. The summed E-state index contributed by atoms with van der Waals surface area (Å²) in [5, 5.41) is 13.7. The summed E-state index contributed by atoms with van der Waals surface area (Å²) in [6, 6.07) is 0.882. The van der Waals surface area contributed by atoms with E-state index in [9.17, 15) is 23.1 Å². The molecule has 0 spiro atoms. The van der Waals surface area contributed by atoms with E-state index < -0.39 is 28.6 Å². The number of carboxylic acid groups (broad SMARTS) is 1. The first-order chi connectivity index (χ1) is 9.29. The Balaban J connectivity index is 2.34. The molecule has 0 aromatic carbocycles. The molecular weight excluding hydrogens is 299 g/mol. The average molecular weight is 305 g/mol. The summed E-state index contributed by atoms with van der Waals surface area (Å²) in [6.45, 7) is 0. The fourth-order valence-electron chi connectivity index (χ4n) is 1.93. The minimum absolute atomic E-state index is 0.0431. The molecule has 0 bridgehead atoms. The molecule has 20 heavy (non-hydrogen) atoms. The Hall–Kier alpha value is -1.83. The quantitative estimate of drug-likeness (QED) is 0.845. The van der Waals surface area contributed by atoms with E-state index in [1.54, 1.807) is 0 Å². The molecule has 0 N–H and O–H groups in total. The van der Waals surface area contributed by atoms with Gasteiger partial charge in [0.2, 0.25) is 0 Å². The summed E-state index contributed by atoms with van der Waals surface area (Å²) < 4.78 is 39.5. The summed E-state index contributed by atoms with van der Waals surface area (Å²) in [5.41, 5.74) is -1.92. The molecule has 1 saturated carbocycles. The van der Waals surface area contributed by atoms with Gasteiger partial charge in [-0.2, -0.15) is 18.3 Å². The van der Waals surface area contributed by atoms with Crippen LogP contribution >= 0.6 is 11.6 Å². The van der Waals surface area contributed by atoms with Crippen LogP contribution in [-0.4, -0.2) is 20.6 Å². The van der Waals surface area contributed by atoms with Gasteiger partial charge in [0, 0.05) is 11.6 Å². The molecule has 0 saturated heterocycles. The molecule has 0 unspecified atom stereocenters. The van der Waals surface area contributed by atoms with Gasteiger partial charge in [0.15, 0.2) is 5.65 Å². The summed E-state index contributed by atoms with van der Waals surface area (Å²) in [6.07, 6.45) is -3.19. The van der Waals surface area contributed by atoms with Gasteiger partial charge in [-0.05, 0) is 18.9 Å². The number of nitrogens with zero attached hydrogens (tertiary/aromatic N) is 3. The van der Waals surface area contributed by atoms with Crippen molar-refractivity contribution in [2.45, 2.75) is 24.9 Å². The van der Waals surface area contributed by atoms with E-state index in [1.165, 1.54) is 0 Å². The van der Waals surface area contributed by atoms with Crippen LogP contribution in [0.25, 0.3) is 5.65 Å². The lowest BCUT2D eigenvalue weighted by atomic mass is 10.2. The number of carbonyl (C=O) groups excluding carboxylic acids is 1. The zero-order valence-electron chi connectivity index (χ0n) is 9.74. The fourth-order valence-corrected chi connectivity index (χ4v) is 2.17. The fraction of sp³-hybridized carbons (Fsp3) is 0.364. The second kappa shape index (κ2) is 4.08. The minimum atomic E-state index is -4.69. The number of rotatable bonds is 2. The Morgan fingerprint density at radius 3 is 2.60 bits per heavy atom. The molecule has 2 heterocycles. The van der Waals surface area contributed by atoms with Crippen molar-refractivity contribution >= 4 is 23.2 Å². The van der Waals surface area contributed by atoms with Crippen LogP contribution in [-0.2, 0) is 6.18 Å². The van der Waals surface area contributed by atoms with Gasteiger partial charge in [0.1, 0.15) is 16.4 Å². The third kappa shape index (κ3) is 2.00. The number of halogens is 4. The van der Waals surface area contributed by atoms with Crippen molar-refractivity contribution in [3.63, 3.8) is 0 Å². The number of fused-ring (bicyclic) bond motifs is 1. The van der Waals surface area contributed by atoms with E-state index in [0.717, 1.165) is 18.9 Å². The Kier molecular flexibility index (Phi) is 2.69. The summed E-state index contributed by atoms with van der Waals surface area (Å²) >= 11 is 5.74. The number of hydrogen-bond acceptors (Lipinski definition) is 4. The van der Waals surface area contributed by atoms with Gasteiger partial charge >= 0.3 is 6.18 Å². The van der Waals surface area contributed by atoms with Crippen LogP contribution in [0, 0.1) is 0 Å². The highest BCUT2D eigenvalue weighted by Gasteiger charge is 2.38. The zero-order valence-corrected chi connectivity index (χ0v) is 10.5. The van der Waals surface area contributed by atoms with Crippen molar-refractivity contribution in [1.29, 1.82) is 0 Å². The predicted octanol–water partition coefficient (Wildman–Crippen LogP) is 1.64. The average Bonchev–Trinajstić information content (AvgIpc) is 3.12. The van der Waals surface area contributed by atoms with Crippen LogP contribution in [0.4, 0.5) is 13.2 Å². The van der Waals surface area contributed by atoms with Crippen LogP contribution in [0.15, 0.2) is 6.07 Å². The van der Waals surface area contributed by atoms with Gasteiger partial charge < -0.3 is 9.90 Å². The van der Waals surface area contributed by atoms with Crippen LogP contribution in [0.5, 0.6) is 0 Å². The van der Waals surface area contributed by atoms with Gasteiger partial charge in [0.25, 0.3) is 0 Å². The second-order valence-corrected chi connectivity index (χ2v) is 4.90. The maximum Gasteiger partial charge on any atom is 0.433 e. The second-order valence-electron chi connectivity index (χ2n) is 4.52. The van der Waals surface area contributed by atoms with Crippen LogP contribution in [0.1, 0.15) is 40.6 Å². The summed E-state index contributed by atoms with van der Waals surface area (Å²) in [7, 11) is 0. The van der Waals surface area contributed by atoms with E-state index in [-0.39, 0.29) is 17.3 Å². The first-order valence-corrected chi connectivity index (χ1v) is 6.04. The van der Waals surface area contributed by atoms with Crippen molar-refractivity contribution in [2.24, 2.45) is 0 Å². The number of hydrogen-bond donors (Lipinski definition) is 0. The lowest BCUT2D eigenvalue weighted by molar-refractivity contribution is -0.255. The van der Waals surface area contributed by atoms with E-state index in [4.69, 9.17) is 11.6 Å². The molecule has 5 nitrogen and oxygen atoms in total. The number of aromatic carboxylic acids is 1. The Morgan fingerprint density at radius 2 is 2.10 bits per heavy atom. The van der Waals surface area contributed by atoms with Crippen LogP contribution in [0.2, 0.25) is 5.02 Å². The van der Waals surface area contributed by atoms with Gasteiger partial charge in [-0.3, -0.25) is 0 Å². The van der Waals surface area contributed by atoms with Gasteiger partial charge in [-0.25, -0.2) is 9.50 Å². The maximum absolute atomic E-state index is 13.0. The van der Waals surface area contributed by atoms with E-state index in [0.29, 0.717) is 4.52 Å². The lowest BCUT2D eigenvalue weighted by Crippen LogP contribution is -2.23. The summed E-state index contributed by atoms with van der Waals surface area (Å²) in [5.74, 6) is -1.79. The van der Waals surface area contributed by atoms with Crippen LogP contribution < -0.4 is 5.11 Å². The Bertz CT molecular complexity index is 722. The summed E-state index contributed by atoms with van der Waals surface area (Å²) in [4.78, 5) is 14.8.